The van der Waals surface area contributed by atoms with Crippen molar-refractivity contribution in [3.63, 3.8) is 0 Å². The molecule has 6 heteroatoms. The van der Waals surface area contributed by atoms with Gasteiger partial charge in [0, 0.05) is 33.7 Å². The molecule has 1 aromatic heterocycles. The first-order valence-electron chi connectivity index (χ1n) is 6.30. The van der Waals surface area contributed by atoms with Gasteiger partial charge in [-0.3, -0.25) is 4.79 Å². The zero-order valence-corrected chi connectivity index (χ0v) is 12.2. The molecule has 0 spiro atoms. The van der Waals surface area contributed by atoms with Gasteiger partial charge in [0.15, 0.2) is 5.69 Å². The summed E-state index contributed by atoms with van der Waals surface area (Å²) in [5, 5.41) is 2.95. The summed E-state index contributed by atoms with van der Waals surface area (Å²) >= 11 is 0. The summed E-state index contributed by atoms with van der Waals surface area (Å²) in [6.07, 6.45) is 1.65. The first kappa shape index (κ1) is 15.4. The lowest BCUT2D eigenvalue weighted by Gasteiger charge is -2.18. The summed E-state index contributed by atoms with van der Waals surface area (Å²) in [7, 11) is 5.09. The maximum absolute atomic E-state index is 12.3. The highest BCUT2D eigenvalue weighted by Gasteiger charge is 2.19. The summed E-state index contributed by atoms with van der Waals surface area (Å²) in [6, 6.07) is 0. The Kier molecular flexibility index (Phi) is 5.69. The number of carbonyl (C=O) groups is 1. The highest BCUT2D eigenvalue weighted by atomic mass is 16.5. The molecule has 6 nitrogen and oxygen atoms in total. The SMILES string of the molecule is CNc1cnc(C(C)C)nc1C(=O)N(C)CCOC. The minimum Gasteiger partial charge on any atom is -0.385 e. The van der Waals surface area contributed by atoms with Crippen LogP contribution in [0.3, 0.4) is 0 Å². The van der Waals surface area contributed by atoms with E-state index in [1.54, 1.807) is 32.3 Å². The number of hydrogen-bond acceptors (Lipinski definition) is 5. The van der Waals surface area contributed by atoms with Crippen LogP contribution in [0, 0.1) is 0 Å². The molecule has 0 saturated carbocycles. The molecule has 19 heavy (non-hydrogen) atoms. The predicted molar refractivity (Wildman–Crippen MR) is 74.5 cm³/mol. The number of nitrogens with one attached hydrogen (secondary N) is 1. The van der Waals surface area contributed by atoms with Gasteiger partial charge >= 0.3 is 0 Å². The Morgan fingerprint density at radius 2 is 2.21 bits per heavy atom. The predicted octanol–water partition coefficient (Wildman–Crippen LogP) is 1.36. The zero-order valence-electron chi connectivity index (χ0n) is 12.2. The lowest BCUT2D eigenvalue weighted by atomic mass is 10.2. The molecule has 1 N–H and O–H groups in total. The molecule has 1 amide bonds. The lowest BCUT2D eigenvalue weighted by molar-refractivity contribution is 0.0739. The van der Waals surface area contributed by atoms with Crippen molar-refractivity contribution in [3.05, 3.63) is 17.7 Å². The van der Waals surface area contributed by atoms with E-state index < -0.39 is 0 Å². The van der Waals surface area contributed by atoms with Crippen molar-refractivity contribution in [1.82, 2.24) is 14.9 Å². The Morgan fingerprint density at radius 3 is 2.74 bits per heavy atom. The van der Waals surface area contributed by atoms with Crippen molar-refractivity contribution in [2.45, 2.75) is 19.8 Å². The molecule has 0 aliphatic rings. The van der Waals surface area contributed by atoms with Gasteiger partial charge in [0.2, 0.25) is 0 Å². The van der Waals surface area contributed by atoms with E-state index in [0.717, 1.165) is 0 Å². The van der Waals surface area contributed by atoms with Gasteiger partial charge in [-0.05, 0) is 0 Å². The molecule has 0 fully saturated rings. The second-order valence-corrected chi connectivity index (χ2v) is 4.61. The summed E-state index contributed by atoms with van der Waals surface area (Å²) in [5.74, 6) is 0.718. The molecule has 0 bridgehead atoms. The van der Waals surface area contributed by atoms with Crippen LogP contribution in [-0.2, 0) is 4.74 Å². The van der Waals surface area contributed by atoms with Crippen molar-refractivity contribution < 1.29 is 9.53 Å². The molecule has 0 saturated heterocycles. The number of nitrogens with zero attached hydrogens (tertiary/aromatic N) is 3. The fourth-order valence-corrected chi connectivity index (χ4v) is 1.53. The third kappa shape index (κ3) is 3.89. The van der Waals surface area contributed by atoms with Crippen molar-refractivity contribution in [3.8, 4) is 0 Å². The molecule has 1 heterocycles. The molecular weight excluding hydrogens is 244 g/mol. The molecule has 106 valence electrons. The Hall–Kier alpha value is -1.69. The Balaban J connectivity index is 3.02. The van der Waals surface area contributed by atoms with Gasteiger partial charge < -0.3 is 15.0 Å². The van der Waals surface area contributed by atoms with Gasteiger partial charge in [0.25, 0.3) is 5.91 Å². The Bertz CT molecular complexity index is 435. The number of likely N-dealkylation sites (N-methyl/N-ethyl adjacent to an activating group) is 1. The summed E-state index contributed by atoms with van der Waals surface area (Å²) in [6.45, 7) is 5.02. The Morgan fingerprint density at radius 1 is 1.53 bits per heavy atom. The topological polar surface area (TPSA) is 67.4 Å². The third-order valence-corrected chi connectivity index (χ3v) is 2.77. The maximum atomic E-state index is 12.3. The monoisotopic (exact) mass is 266 g/mol. The van der Waals surface area contributed by atoms with Crippen LogP contribution < -0.4 is 5.32 Å². The first-order valence-corrected chi connectivity index (χ1v) is 6.30. The van der Waals surface area contributed by atoms with E-state index in [2.05, 4.69) is 15.3 Å². The number of rotatable bonds is 6. The number of anilines is 1. The molecule has 0 unspecified atom stereocenters. The molecule has 0 aromatic carbocycles. The number of amides is 1. The second-order valence-electron chi connectivity index (χ2n) is 4.61. The summed E-state index contributed by atoms with van der Waals surface area (Å²) in [4.78, 5) is 22.6. The van der Waals surface area contributed by atoms with E-state index in [4.69, 9.17) is 4.74 Å². The molecule has 0 atom stereocenters. The van der Waals surface area contributed by atoms with Crippen molar-refractivity contribution in [2.24, 2.45) is 0 Å². The van der Waals surface area contributed by atoms with Crippen LogP contribution in [0.2, 0.25) is 0 Å². The number of hydrogen-bond donors (Lipinski definition) is 1. The average molecular weight is 266 g/mol. The molecular formula is C13H22N4O2. The van der Waals surface area contributed by atoms with Crippen LogP contribution in [0.5, 0.6) is 0 Å². The van der Waals surface area contributed by atoms with E-state index in [1.165, 1.54) is 0 Å². The number of methoxy groups -OCH3 is 1. The zero-order chi connectivity index (χ0) is 14.4. The standard InChI is InChI=1S/C13H22N4O2/c1-9(2)12-15-8-10(14-3)11(16-12)13(18)17(4)6-7-19-5/h8-9,14H,6-7H2,1-5H3. The smallest absolute Gasteiger partial charge is 0.274 e. The molecule has 0 aliphatic heterocycles. The quantitative estimate of drug-likeness (QED) is 0.842. The van der Waals surface area contributed by atoms with Crippen molar-refractivity contribution >= 4 is 11.6 Å². The van der Waals surface area contributed by atoms with Crippen molar-refractivity contribution in [1.29, 1.82) is 0 Å². The Labute approximate surface area is 114 Å². The van der Waals surface area contributed by atoms with Gasteiger partial charge in [-0.1, -0.05) is 13.8 Å². The highest BCUT2D eigenvalue weighted by molar-refractivity contribution is 5.97. The second kappa shape index (κ2) is 7.04. The minimum absolute atomic E-state index is 0.134. The van der Waals surface area contributed by atoms with E-state index >= 15 is 0 Å². The number of aromatic nitrogens is 2. The van der Waals surface area contributed by atoms with Gasteiger partial charge in [-0.15, -0.1) is 0 Å². The minimum atomic E-state index is -0.134. The van der Waals surface area contributed by atoms with Gasteiger partial charge in [0.1, 0.15) is 5.82 Å². The number of carbonyl (C=O) groups excluding carboxylic acids is 1. The van der Waals surface area contributed by atoms with Gasteiger partial charge in [0.05, 0.1) is 18.5 Å². The van der Waals surface area contributed by atoms with Gasteiger partial charge in [-0.2, -0.15) is 0 Å². The third-order valence-electron chi connectivity index (χ3n) is 2.77. The maximum Gasteiger partial charge on any atom is 0.274 e. The first-order chi connectivity index (χ1) is 9.01. The molecule has 0 aliphatic carbocycles. The summed E-state index contributed by atoms with van der Waals surface area (Å²) < 4.78 is 4.97. The fraction of sp³-hybridized carbons (Fsp3) is 0.615. The van der Waals surface area contributed by atoms with Crippen LogP contribution in [-0.4, -0.2) is 55.1 Å². The van der Waals surface area contributed by atoms with Crippen LogP contribution >= 0.6 is 0 Å². The van der Waals surface area contributed by atoms with Gasteiger partial charge in [-0.25, -0.2) is 9.97 Å². The lowest BCUT2D eigenvalue weighted by Crippen LogP contribution is -2.31. The van der Waals surface area contributed by atoms with Crippen LogP contribution in [0.15, 0.2) is 6.20 Å². The average Bonchev–Trinajstić information content (AvgIpc) is 2.42. The van der Waals surface area contributed by atoms with Crippen LogP contribution in [0.1, 0.15) is 36.1 Å². The normalized spacial score (nSPS) is 10.6. The summed E-state index contributed by atoms with van der Waals surface area (Å²) in [5.41, 5.74) is 1.04. The van der Waals surface area contributed by atoms with Crippen LogP contribution in [0.25, 0.3) is 0 Å². The van der Waals surface area contributed by atoms with E-state index in [-0.39, 0.29) is 11.8 Å². The fourth-order valence-electron chi connectivity index (χ4n) is 1.53. The van der Waals surface area contributed by atoms with E-state index in [9.17, 15) is 4.79 Å². The van der Waals surface area contributed by atoms with Crippen LogP contribution in [0.4, 0.5) is 5.69 Å². The molecule has 1 rings (SSSR count). The number of ether oxygens (including phenoxy) is 1. The largest absolute Gasteiger partial charge is 0.385 e. The van der Waals surface area contributed by atoms with Crippen molar-refractivity contribution in [2.75, 3.05) is 39.7 Å². The van der Waals surface area contributed by atoms with E-state index in [1.807, 2.05) is 13.8 Å². The molecule has 0 radical (unpaired) electrons. The van der Waals surface area contributed by atoms with E-state index in [0.29, 0.717) is 30.4 Å². The molecule has 1 aromatic rings. The highest BCUT2D eigenvalue weighted by Crippen LogP contribution is 2.17.